The lowest BCUT2D eigenvalue weighted by Gasteiger charge is -2.22. The molecular weight excluding hydrogens is 330 g/mol. The van der Waals surface area contributed by atoms with Crippen molar-refractivity contribution in [2.24, 2.45) is 11.3 Å². The van der Waals surface area contributed by atoms with Crippen molar-refractivity contribution >= 4 is 37.0 Å². The van der Waals surface area contributed by atoms with Gasteiger partial charge in [-0.1, -0.05) is 27.7 Å². The zero-order chi connectivity index (χ0) is 16.3. The van der Waals surface area contributed by atoms with Gasteiger partial charge in [0, 0.05) is 22.0 Å². The summed E-state index contributed by atoms with van der Waals surface area (Å²) in [6, 6.07) is 3.12. The van der Waals surface area contributed by atoms with E-state index in [9.17, 15) is 13.2 Å². The van der Waals surface area contributed by atoms with Crippen molar-refractivity contribution in [3.8, 4) is 0 Å². The Morgan fingerprint density at radius 1 is 1.38 bits per heavy atom. The normalized spacial score (nSPS) is 14.0. The minimum absolute atomic E-state index is 0.0181. The predicted octanol–water partition coefficient (Wildman–Crippen LogP) is 3.75. The van der Waals surface area contributed by atoms with Crippen LogP contribution in [-0.4, -0.2) is 14.3 Å². The molecule has 1 atom stereocenters. The highest BCUT2D eigenvalue weighted by Gasteiger charge is 2.18. The Morgan fingerprint density at radius 2 is 2.00 bits per heavy atom. The van der Waals surface area contributed by atoms with Gasteiger partial charge in [-0.25, -0.2) is 8.42 Å². The Hall–Kier alpha value is -0.590. The van der Waals surface area contributed by atoms with Crippen LogP contribution in [0.2, 0.25) is 0 Å². The van der Waals surface area contributed by atoms with E-state index in [1.807, 2.05) is 0 Å². The Balaban J connectivity index is 2.45. The highest BCUT2D eigenvalue weighted by atomic mass is 35.7. The summed E-state index contributed by atoms with van der Waals surface area (Å²) in [6.07, 6.45) is 1.46. The van der Waals surface area contributed by atoms with Gasteiger partial charge >= 0.3 is 0 Å². The number of hydrogen-bond acceptors (Lipinski definition) is 4. The molecule has 0 aliphatic rings. The van der Waals surface area contributed by atoms with Crippen molar-refractivity contribution in [1.29, 1.82) is 0 Å². The fourth-order valence-electron chi connectivity index (χ4n) is 2.28. The van der Waals surface area contributed by atoms with Crippen LogP contribution < -0.4 is 5.32 Å². The van der Waals surface area contributed by atoms with Gasteiger partial charge in [0.1, 0.15) is 4.21 Å². The number of nitrogens with one attached hydrogen (secondary N) is 1. The van der Waals surface area contributed by atoms with Crippen LogP contribution in [-0.2, 0) is 20.4 Å². The third kappa shape index (κ3) is 7.29. The molecule has 0 saturated heterocycles. The summed E-state index contributed by atoms with van der Waals surface area (Å²) in [6.45, 7) is 8.86. The molecule has 1 aromatic heterocycles. The lowest BCUT2D eigenvalue weighted by Crippen LogP contribution is -2.25. The standard InChI is InChI=1S/C14H22ClNO3S2/c1-10(8-14(2,3)4)7-12(17)16-9-11-5-6-13(20-11)21(15,18)19/h5-6,10H,7-9H2,1-4H3,(H,16,17). The minimum Gasteiger partial charge on any atom is -0.351 e. The number of carbonyl (C=O) groups excluding carboxylic acids is 1. The van der Waals surface area contributed by atoms with Crippen molar-refractivity contribution < 1.29 is 13.2 Å². The molecule has 7 heteroatoms. The van der Waals surface area contributed by atoms with Crippen molar-refractivity contribution in [1.82, 2.24) is 5.32 Å². The van der Waals surface area contributed by atoms with E-state index in [2.05, 4.69) is 33.0 Å². The Bertz CT molecular complexity index is 588. The van der Waals surface area contributed by atoms with Gasteiger partial charge in [-0.3, -0.25) is 4.79 Å². The molecule has 1 N–H and O–H groups in total. The van der Waals surface area contributed by atoms with Crippen LogP contribution in [0.5, 0.6) is 0 Å². The van der Waals surface area contributed by atoms with E-state index >= 15 is 0 Å². The monoisotopic (exact) mass is 351 g/mol. The highest BCUT2D eigenvalue weighted by Crippen LogP contribution is 2.26. The van der Waals surface area contributed by atoms with E-state index in [4.69, 9.17) is 10.7 Å². The van der Waals surface area contributed by atoms with Gasteiger partial charge in [-0.05, 0) is 29.9 Å². The average Bonchev–Trinajstić information content (AvgIpc) is 2.71. The maximum atomic E-state index is 11.9. The van der Waals surface area contributed by atoms with Crippen LogP contribution in [0.1, 0.15) is 45.4 Å². The SMILES string of the molecule is CC(CC(=O)NCc1ccc(S(=O)(=O)Cl)s1)CC(C)(C)C. The molecule has 1 aromatic rings. The van der Waals surface area contributed by atoms with E-state index in [0.717, 1.165) is 22.6 Å². The van der Waals surface area contributed by atoms with Crippen molar-refractivity contribution in [2.75, 3.05) is 0 Å². The van der Waals surface area contributed by atoms with E-state index in [0.29, 0.717) is 18.9 Å². The summed E-state index contributed by atoms with van der Waals surface area (Å²) in [4.78, 5) is 12.6. The number of rotatable bonds is 6. The lowest BCUT2D eigenvalue weighted by atomic mass is 9.84. The molecular formula is C14H22ClNO3S2. The van der Waals surface area contributed by atoms with Crippen molar-refractivity contribution in [3.05, 3.63) is 17.0 Å². The molecule has 4 nitrogen and oxygen atoms in total. The molecule has 0 fully saturated rings. The largest absolute Gasteiger partial charge is 0.351 e. The smallest absolute Gasteiger partial charge is 0.270 e. The Morgan fingerprint density at radius 3 is 2.48 bits per heavy atom. The van der Waals surface area contributed by atoms with Crippen molar-refractivity contribution in [2.45, 2.75) is 51.3 Å². The molecule has 0 aromatic carbocycles. The second-order valence-corrected chi connectivity index (χ2v) is 10.5. The maximum Gasteiger partial charge on any atom is 0.270 e. The molecule has 1 rings (SSSR count). The van der Waals surface area contributed by atoms with E-state index in [1.54, 1.807) is 6.07 Å². The molecule has 1 unspecified atom stereocenters. The molecule has 120 valence electrons. The lowest BCUT2D eigenvalue weighted by molar-refractivity contribution is -0.122. The van der Waals surface area contributed by atoms with Crippen molar-refractivity contribution in [3.63, 3.8) is 0 Å². The van der Waals surface area contributed by atoms with Crippen LogP contribution in [0.3, 0.4) is 0 Å². The molecule has 0 aliphatic carbocycles. The summed E-state index contributed by atoms with van der Waals surface area (Å²) in [7, 11) is 1.58. The molecule has 0 saturated carbocycles. The van der Waals surface area contributed by atoms with Gasteiger partial charge in [0.05, 0.1) is 6.54 Å². The second kappa shape index (κ2) is 7.11. The number of thiophene rings is 1. The van der Waals surface area contributed by atoms with Crippen LogP contribution in [0.25, 0.3) is 0 Å². The third-order valence-electron chi connectivity index (χ3n) is 2.83. The van der Waals surface area contributed by atoms with Gasteiger partial charge in [-0.2, -0.15) is 0 Å². The third-order valence-corrected chi connectivity index (χ3v) is 6.01. The van der Waals surface area contributed by atoms with E-state index in [-0.39, 0.29) is 15.5 Å². The average molecular weight is 352 g/mol. The minimum atomic E-state index is -3.68. The first kappa shape index (κ1) is 18.5. The summed E-state index contributed by atoms with van der Waals surface area (Å²) in [5.41, 5.74) is 0.205. The fraction of sp³-hybridized carbons (Fsp3) is 0.643. The second-order valence-electron chi connectivity index (χ2n) is 6.51. The van der Waals surface area contributed by atoms with Gasteiger partial charge in [0.2, 0.25) is 5.91 Å². The van der Waals surface area contributed by atoms with Gasteiger partial charge < -0.3 is 5.32 Å². The summed E-state index contributed by atoms with van der Waals surface area (Å²) >= 11 is 1.08. The zero-order valence-electron chi connectivity index (χ0n) is 12.8. The zero-order valence-corrected chi connectivity index (χ0v) is 15.2. The van der Waals surface area contributed by atoms with E-state index < -0.39 is 9.05 Å². The summed E-state index contributed by atoms with van der Waals surface area (Å²) in [5.74, 6) is 0.294. The van der Waals surface area contributed by atoms with Crippen LogP contribution >= 0.6 is 22.0 Å². The van der Waals surface area contributed by atoms with E-state index in [1.165, 1.54) is 6.07 Å². The molecule has 1 amide bonds. The van der Waals surface area contributed by atoms with Gasteiger partial charge in [0.25, 0.3) is 9.05 Å². The Labute approximate surface area is 135 Å². The van der Waals surface area contributed by atoms with Gasteiger partial charge in [-0.15, -0.1) is 11.3 Å². The molecule has 0 aliphatic heterocycles. The number of amides is 1. The number of hydrogen-bond donors (Lipinski definition) is 1. The predicted molar refractivity (Wildman–Crippen MR) is 87.1 cm³/mol. The number of halogens is 1. The molecule has 0 bridgehead atoms. The molecule has 0 radical (unpaired) electrons. The summed E-state index contributed by atoms with van der Waals surface area (Å²) < 4.78 is 22.4. The number of carbonyl (C=O) groups is 1. The molecule has 0 spiro atoms. The van der Waals surface area contributed by atoms with Crippen LogP contribution in [0.4, 0.5) is 0 Å². The maximum absolute atomic E-state index is 11.9. The highest BCUT2D eigenvalue weighted by molar-refractivity contribution is 8.15. The van der Waals surface area contributed by atoms with Gasteiger partial charge in [0.15, 0.2) is 0 Å². The van der Waals surface area contributed by atoms with Crippen LogP contribution in [0, 0.1) is 11.3 Å². The topological polar surface area (TPSA) is 63.2 Å². The Kier molecular flexibility index (Phi) is 6.25. The first-order chi connectivity index (χ1) is 9.47. The first-order valence-electron chi connectivity index (χ1n) is 6.77. The quantitative estimate of drug-likeness (QED) is 0.794. The fourth-order valence-corrected chi connectivity index (χ4v) is 4.34. The summed E-state index contributed by atoms with van der Waals surface area (Å²) in [5, 5.41) is 2.81. The first-order valence-corrected chi connectivity index (χ1v) is 9.90. The molecule has 21 heavy (non-hydrogen) atoms. The van der Waals surface area contributed by atoms with Crippen LogP contribution in [0.15, 0.2) is 16.3 Å². The molecule has 1 heterocycles.